The van der Waals surface area contributed by atoms with Crippen LogP contribution in [0.1, 0.15) is 13.3 Å². The summed E-state index contributed by atoms with van der Waals surface area (Å²) in [5.41, 5.74) is 0. The molecule has 1 rings (SSSR count). The fraction of sp³-hybridized carbons (Fsp3) is 1.00. The highest BCUT2D eigenvalue weighted by Crippen LogP contribution is 2.23. The van der Waals surface area contributed by atoms with E-state index in [0.717, 1.165) is 24.5 Å². The van der Waals surface area contributed by atoms with Gasteiger partial charge in [-0.15, -0.1) is 0 Å². The zero-order chi connectivity index (χ0) is 11.3. The van der Waals surface area contributed by atoms with Crippen molar-refractivity contribution in [3.05, 3.63) is 0 Å². The maximum atomic E-state index is 11.9. The van der Waals surface area contributed by atoms with E-state index in [-0.39, 0.29) is 11.8 Å². The number of sulfonamides is 1. The Hall–Kier alpha value is 0.220. The van der Waals surface area contributed by atoms with Crippen molar-refractivity contribution < 1.29 is 8.42 Å². The lowest BCUT2D eigenvalue weighted by Gasteiger charge is -2.23. The minimum atomic E-state index is -3.06. The second-order valence-corrected chi connectivity index (χ2v) is 7.00. The first-order valence-corrected chi connectivity index (χ1v) is 8.08. The van der Waals surface area contributed by atoms with E-state index >= 15 is 0 Å². The quantitative estimate of drug-likeness (QED) is 0.694. The Kier molecular flexibility index (Phi) is 5.38. The van der Waals surface area contributed by atoms with E-state index in [2.05, 4.69) is 5.32 Å². The third-order valence-electron chi connectivity index (χ3n) is 2.65. The van der Waals surface area contributed by atoms with Crippen LogP contribution in [-0.4, -0.2) is 56.2 Å². The Balaban J connectivity index is 2.44. The van der Waals surface area contributed by atoms with Crippen molar-refractivity contribution >= 4 is 21.8 Å². The molecule has 1 heterocycles. The Labute approximate surface area is 96.8 Å². The van der Waals surface area contributed by atoms with Gasteiger partial charge in [0, 0.05) is 25.4 Å². The highest BCUT2D eigenvalue weighted by Gasteiger charge is 2.28. The van der Waals surface area contributed by atoms with Crippen molar-refractivity contribution in [1.29, 1.82) is 0 Å². The van der Waals surface area contributed by atoms with E-state index in [1.54, 1.807) is 11.4 Å². The summed E-state index contributed by atoms with van der Waals surface area (Å²) >= 11 is 1.83. The topological polar surface area (TPSA) is 49.4 Å². The van der Waals surface area contributed by atoms with Crippen LogP contribution in [0.3, 0.4) is 0 Å². The summed E-state index contributed by atoms with van der Waals surface area (Å²) in [6, 6.07) is 0.210. The summed E-state index contributed by atoms with van der Waals surface area (Å²) < 4.78 is 25.3. The first-order chi connectivity index (χ1) is 7.08. The molecule has 1 aliphatic rings. The second-order valence-electron chi connectivity index (χ2n) is 3.70. The van der Waals surface area contributed by atoms with Gasteiger partial charge in [0.1, 0.15) is 0 Å². The maximum absolute atomic E-state index is 11.9. The highest BCUT2D eigenvalue weighted by molar-refractivity contribution is 7.99. The van der Waals surface area contributed by atoms with Crippen LogP contribution in [0.15, 0.2) is 0 Å². The lowest BCUT2D eigenvalue weighted by molar-refractivity contribution is 0.394. The van der Waals surface area contributed by atoms with Crippen LogP contribution in [0, 0.1) is 0 Å². The largest absolute Gasteiger partial charge is 0.316 e. The van der Waals surface area contributed by atoms with Crippen LogP contribution in [0.5, 0.6) is 0 Å². The molecule has 0 spiro atoms. The first kappa shape index (κ1) is 13.3. The van der Waals surface area contributed by atoms with Gasteiger partial charge in [0.25, 0.3) is 0 Å². The molecule has 1 fully saturated rings. The summed E-state index contributed by atoms with van der Waals surface area (Å²) in [5, 5.41) is 3.04. The molecule has 1 unspecified atom stereocenters. The molecular weight excluding hydrogens is 232 g/mol. The van der Waals surface area contributed by atoms with Crippen molar-refractivity contribution in [2.45, 2.75) is 19.4 Å². The fourth-order valence-corrected chi connectivity index (χ4v) is 4.24. The van der Waals surface area contributed by atoms with E-state index in [4.69, 9.17) is 0 Å². The average molecular weight is 252 g/mol. The predicted molar refractivity (Wildman–Crippen MR) is 65.8 cm³/mol. The average Bonchev–Trinajstić information content (AvgIpc) is 2.69. The van der Waals surface area contributed by atoms with Gasteiger partial charge < -0.3 is 5.32 Å². The van der Waals surface area contributed by atoms with Gasteiger partial charge in [0.05, 0.1) is 5.75 Å². The Morgan fingerprint density at radius 1 is 1.53 bits per heavy atom. The molecule has 0 saturated carbocycles. The summed E-state index contributed by atoms with van der Waals surface area (Å²) in [5.74, 6) is 2.23. The van der Waals surface area contributed by atoms with Gasteiger partial charge in [0.2, 0.25) is 10.0 Å². The summed E-state index contributed by atoms with van der Waals surface area (Å²) in [7, 11) is -1.35. The Morgan fingerprint density at radius 2 is 2.27 bits per heavy atom. The molecule has 0 aromatic rings. The van der Waals surface area contributed by atoms with Crippen LogP contribution in [0.2, 0.25) is 0 Å². The number of nitrogens with zero attached hydrogens (tertiary/aromatic N) is 1. The van der Waals surface area contributed by atoms with Gasteiger partial charge in [-0.1, -0.05) is 6.92 Å². The highest BCUT2D eigenvalue weighted by atomic mass is 32.2. The lowest BCUT2D eigenvalue weighted by Crippen LogP contribution is -2.40. The standard InChI is InChI=1S/C9H20N2O2S2/c1-3-10-5-7-15(12,13)11(2)9-4-6-14-8-9/h9-10H,3-8H2,1-2H3. The zero-order valence-electron chi connectivity index (χ0n) is 9.40. The van der Waals surface area contributed by atoms with Crippen LogP contribution >= 0.6 is 11.8 Å². The van der Waals surface area contributed by atoms with E-state index in [9.17, 15) is 8.42 Å². The molecule has 0 radical (unpaired) electrons. The van der Waals surface area contributed by atoms with Gasteiger partial charge >= 0.3 is 0 Å². The number of nitrogens with one attached hydrogen (secondary N) is 1. The lowest BCUT2D eigenvalue weighted by atomic mass is 10.3. The fourth-order valence-electron chi connectivity index (χ4n) is 1.56. The molecule has 0 aromatic carbocycles. The van der Waals surface area contributed by atoms with E-state index in [1.165, 1.54) is 0 Å². The summed E-state index contributed by atoms with van der Waals surface area (Å²) in [4.78, 5) is 0. The minimum absolute atomic E-state index is 0.207. The molecule has 1 atom stereocenters. The van der Waals surface area contributed by atoms with Gasteiger partial charge in [-0.25, -0.2) is 12.7 Å². The van der Waals surface area contributed by atoms with Crippen molar-refractivity contribution in [2.75, 3.05) is 37.4 Å². The monoisotopic (exact) mass is 252 g/mol. The van der Waals surface area contributed by atoms with Crippen molar-refractivity contribution in [2.24, 2.45) is 0 Å². The summed E-state index contributed by atoms with van der Waals surface area (Å²) in [6.45, 7) is 3.34. The minimum Gasteiger partial charge on any atom is -0.316 e. The van der Waals surface area contributed by atoms with Crippen LogP contribution in [0.4, 0.5) is 0 Å². The molecule has 0 aliphatic carbocycles. The first-order valence-electron chi connectivity index (χ1n) is 5.32. The number of hydrogen-bond acceptors (Lipinski definition) is 4. The third-order valence-corrected chi connectivity index (χ3v) is 5.69. The van der Waals surface area contributed by atoms with Gasteiger partial charge in [-0.05, 0) is 18.7 Å². The number of thioether (sulfide) groups is 1. The maximum Gasteiger partial charge on any atom is 0.215 e. The molecule has 1 N–H and O–H groups in total. The molecule has 4 nitrogen and oxygen atoms in total. The predicted octanol–water partition coefficient (Wildman–Crippen LogP) is 0.363. The SMILES string of the molecule is CCNCCS(=O)(=O)N(C)C1CCSC1. The number of rotatable bonds is 6. The number of hydrogen-bond donors (Lipinski definition) is 1. The van der Waals surface area contributed by atoms with Gasteiger partial charge in [0.15, 0.2) is 0 Å². The molecule has 1 aliphatic heterocycles. The smallest absolute Gasteiger partial charge is 0.215 e. The Bertz CT molecular complexity index is 274. The van der Waals surface area contributed by atoms with E-state index < -0.39 is 10.0 Å². The van der Waals surface area contributed by atoms with Crippen molar-refractivity contribution in [3.8, 4) is 0 Å². The summed E-state index contributed by atoms with van der Waals surface area (Å²) in [6.07, 6.45) is 0.988. The van der Waals surface area contributed by atoms with Crippen LogP contribution in [-0.2, 0) is 10.0 Å². The molecular formula is C9H20N2O2S2. The molecule has 90 valence electrons. The molecule has 1 saturated heterocycles. The van der Waals surface area contributed by atoms with Crippen molar-refractivity contribution in [3.63, 3.8) is 0 Å². The molecule has 0 bridgehead atoms. The molecule has 0 amide bonds. The van der Waals surface area contributed by atoms with Gasteiger partial charge in [-0.3, -0.25) is 0 Å². The third kappa shape index (κ3) is 3.94. The normalized spacial score (nSPS) is 22.5. The van der Waals surface area contributed by atoms with Crippen LogP contribution < -0.4 is 5.32 Å². The van der Waals surface area contributed by atoms with E-state index in [1.807, 2.05) is 18.7 Å². The van der Waals surface area contributed by atoms with Gasteiger partial charge in [-0.2, -0.15) is 11.8 Å². The Morgan fingerprint density at radius 3 is 2.80 bits per heavy atom. The molecule has 0 aromatic heterocycles. The van der Waals surface area contributed by atoms with Crippen LogP contribution in [0.25, 0.3) is 0 Å². The molecule has 15 heavy (non-hydrogen) atoms. The zero-order valence-corrected chi connectivity index (χ0v) is 11.0. The van der Waals surface area contributed by atoms with Crippen molar-refractivity contribution in [1.82, 2.24) is 9.62 Å². The molecule has 6 heteroatoms. The van der Waals surface area contributed by atoms with E-state index in [0.29, 0.717) is 6.54 Å². The second kappa shape index (κ2) is 6.08.